The van der Waals surface area contributed by atoms with Gasteiger partial charge in [0.15, 0.2) is 0 Å². The summed E-state index contributed by atoms with van der Waals surface area (Å²) in [5.41, 5.74) is 2.09. The number of nitrogens with zero attached hydrogens (tertiary/aromatic N) is 1. The minimum atomic E-state index is -0.00916. The van der Waals surface area contributed by atoms with Gasteiger partial charge in [0.05, 0.1) is 5.52 Å². The molecule has 0 saturated heterocycles. The highest BCUT2D eigenvalue weighted by Gasteiger charge is 2.12. The maximum Gasteiger partial charge on any atom is 0.212 e. The molecule has 0 unspecified atom stereocenters. The van der Waals surface area contributed by atoms with Crippen LogP contribution in [0.2, 0.25) is 0 Å². The van der Waals surface area contributed by atoms with E-state index in [1.165, 1.54) is 0 Å². The lowest BCUT2D eigenvalue weighted by Crippen LogP contribution is -2.02. The van der Waals surface area contributed by atoms with Gasteiger partial charge in [-0.25, -0.2) is 4.98 Å². The minimum absolute atomic E-state index is 0.00916. The predicted molar refractivity (Wildman–Crippen MR) is 74.2 cm³/mol. The van der Waals surface area contributed by atoms with Gasteiger partial charge >= 0.3 is 0 Å². The van der Waals surface area contributed by atoms with Crippen LogP contribution in [-0.4, -0.2) is 10.8 Å². The zero-order valence-corrected chi connectivity index (χ0v) is 10.7. The number of hydrogen-bond acceptors (Lipinski definition) is 3. The van der Waals surface area contributed by atoms with Crippen molar-refractivity contribution < 1.29 is 4.79 Å². The monoisotopic (exact) mass is 253 g/mol. The van der Waals surface area contributed by atoms with Crippen molar-refractivity contribution in [3.05, 3.63) is 64.0 Å². The summed E-state index contributed by atoms with van der Waals surface area (Å²) in [5, 5.41) is 2.93. The third-order valence-electron chi connectivity index (χ3n) is 2.82. The Labute approximate surface area is 109 Å². The second-order valence-electron chi connectivity index (χ2n) is 4.16. The third kappa shape index (κ3) is 1.93. The van der Waals surface area contributed by atoms with Crippen LogP contribution in [-0.2, 0) is 0 Å². The molecule has 0 atom stereocenters. The number of pyridine rings is 1. The van der Waals surface area contributed by atoms with E-state index in [1.807, 2.05) is 48.7 Å². The second kappa shape index (κ2) is 4.35. The normalized spacial score (nSPS) is 10.7. The van der Waals surface area contributed by atoms with Gasteiger partial charge in [0.2, 0.25) is 5.78 Å². The van der Waals surface area contributed by atoms with Crippen LogP contribution in [0, 0.1) is 6.92 Å². The molecule has 0 aliphatic heterocycles. The van der Waals surface area contributed by atoms with Crippen molar-refractivity contribution in [3.63, 3.8) is 0 Å². The summed E-state index contributed by atoms with van der Waals surface area (Å²) in [6.07, 6.45) is 0. The summed E-state index contributed by atoms with van der Waals surface area (Å²) in [5.74, 6) is -0.00916. The summed E-state index contributed by atoms with van der Waals surface area (Å²) in [6, 6.07) is 13.4. The SMILES string of the molecule is Cc1cc(C(=O)c2ccc3ccccc3n2)cs1. The topological polar surface area (TPSA) is 30.0 Å². The fourth-order valence-corrected chi connectivity index (χ4v) is 2.59. The zero-order valence-electron chi connectivity index (χ0n) is 9.88. The fourth-order valence-electron chi connectivity index (χ4n) is 1.90. The van der Waals surface area contributed by atoms with Crippen molar-refractivity contribution in [2.24, 2.45) is 0 Å². The van der Waals surface area contributed by atoms with E-state index >= 15 is 0 Å². The molecule has 0 saturated carbocycles. The van der Waals surface area contributed by atoms with Gasteiger partial charge in [-0.3, -0.25) is 4.79 Å². The Morgan fingerprint density at radius 2 is 2.00 bits per heavy atom. The van der Waals surface area contributed by atoms with Gasteiger partial charge in [-0.1, -0.05) is 24.3 Å². The van der Waals surface area contributed by atoms with Crippen molar-refractivity contribution in [2.45, 2.75) is 6.92 Å². The van der Waals surface area contributed by atoms with Gasteiger partial charge in [-0.05, 0) is 25.1 Å². The largest absolute Gasteiger partial charge is 0.287 e. The van der Waals surface area contributed by atoms with Crippen molar-refractivity contribution in [1.29, 1.82) is 0 Å². The van der Waals surface area contributed by atoms with E-state index in [9.17, 15) is 4.79 Å². The number of aryl methyl sites for hydroxylation is 1. The van der Waals surface area contributed by atoms with Gasteiger partial charge in [0.1, 0.15) is 5.69 Å². The van der Waals surface area contributed by atoms with Crippen molar-refractivity contribution in [2.75, 3.05) is 0 Å². The first-order valence-corrected chi connectivity index (χ1v) is 6.57. The Morgan fingerprint density at radius 3 is 2.78 bits per heavy atom. The Balaban J connectivity index is 2.06. The maximum atomic E-state index is 12.2. The zero-order chi connectivity index (χ0) is 12.5. The summed E-state index contributed by atoms with van der Waals surface area (Å²) in [7, 11) is 0. The molecule has 0 N–H and O–H groups in total. The van der Waals surface area contributed by atoms with Gasteiger partial charge in [-0.2, -0.15) is 0 Å². The molecule has 0 fully saturated rings. The average molecular weight is 253 g/mol. The molecule has 88 valence electrons. The van der Waals surface area contributed by atoms with Gasteiger partial charge in [0.25, 0.3) is 0 Å². The summed E-state index contributed by atoms with van der Waals surface area (Å²) >= 11 is 1.58. The lowest BCUT2D eigenvalue weighted by molar-refractivity contribution is 0.103. The number of ketones is 1. The lowest BCUT2D eigenvalue weighted by atomic mass is 10.1. The number of carbonyl (C=O) groups excluding carboxylic acids is 1. The van der Waals surface area contributed by atoms with E-state index in [2.05, 4.69) is 4.98 Å². The van der Waals surface area contributed by atoms with E-state index in [0.29, 0.717) is 5.69 Å². The quantitative estimate of drug-likeness (QED) is 0.649. The molecule has 3 aromatic rings. The van der Waals surface area contributed by atoms with Crippen LogP contribution < -0.4 is 0 Å². The molecule has 3 heteroatoms. The number of fused-ring (bicyclic) bond motifs is 1. The molecular formula is C15H11NOS. The molecule has 2 heterocycles. The molecule has 0 spiro atoms. The number of aromatic nitrogens is 1. The lowest BCUT2D eigenvalue weighted by Gasteiger charge is -2.00. The number of carbonyl (C=O) groups is 1. The van der Waals surface area contributed by atoms with Crippen LogP contribution in [0.25, 0.3) is 10.9 Å². The van der Waals surface area contributed by atoms with Crippen LogP contribution in [0.4, 0.5) is 0 Å². The highest BCUT2D eigenvalue weighted by molar-refractivity contribution is 7.10. The van der Waals surface area contributed by atoms with E-state index < -0.39 is 0 Å². The van der Waals surface area contributed by atoms with Crippen LogP contribution in [0.15, 0.2) is 47.8 Å². The van der Waals surface area contributed by atoms with Crippen LogP contribution in [0.1, 0.15) is 20.9 Å². The van der Waals surface area contributed by atoms with Crippen LogP contribution in [0.3, 0.4) is 0 Å². The van der Waals surface area contributed by atoms with E-state index in [-0.39, 0.29) is 5.78 Å². The highest BCUT2D eigenvalue weighted by Crippen LogP contribution is 2.18. The summed E-state index contributed by atoms with van der Waals surface area (Å²) in [4.78, 5) is 17.8. The van der Waals surface area contributed by atoms with E-state index in [1.54, 1.807) is 17.4 Å². The van der Waals surface area contributed by atoms with E-state index in [4.69, 9.17) is 0 Å². The van der Waals surface area contributed by atoms with Crippen molar-refractivity contribution in [3.8, 4) is 0 Å². The smallest absolute Gasteiger partial charge is 0.212 e. The van der Waals surface area contributed by atoms with Crippen LogP contribution >= 0.6 is 11.3 Å². The van der Waals surface area contributed by atoms with Crippen molar-refractivity contribution in [1.82, 2.24) is 4.98 Å². The Bertz CT molecular complexity index is 730. The highest BCUT2D eigenvalue weighted by atomic mass is 32.1. The maximum absolute atomic E-state index is 12.2. The Kier molecular flexibility index (Phi) is 2.68. The standard InChI is InChI=1S/C15H11NOS/c1-10-8-12(9-18-10)15(17)14-7-6-11-4-2-3-5-13(11)16-14/h2-9H,1H3. The Hall–Kier alpha value is -2.00. The molecule has 0 aliphatic carbocycles. The average Bonchev–Trinajstić information content (AvgIpc) is 2.84. The van der Waals surface area contributed by atoms with Gasteiger partial charge in [0, 0.05) is 21.2 Å². The molecule has 0 aliphatic rings. The summed E-state index contributed by atoms with van der Waals surface area (Å²) < 4.78 is 0. The van der Waals surface area contributed by atoms with Gasteiger partial charge in [-0.15, -0.1) is 11.3 Å². The molecular weight excluding hydrogens is 242 g/mol. The number of thiophene rings is 1. The first kappa shape index (κ1) is 11.1. The van der Waals surface area contributed by atoms with Crippen LogP contribution in [0.5, 0.6) is 0 Å². The third-order valence-corrected chi connectivity index (χ3v) is 3.69. The number of rotatable bonds is 2. The fraction of sp³-hybridized carbons (Fsp3) is 0.0667. The number of para-hydroxylation sites is 1. The number of hydrogen-bond donors (Lipinski definition) is 0. The molecule has 0 radical (unpaired) electrons. The first-order valence-electron chi connectivity index (χ1n) is 5.70. The molecule has 0 bridgehead atoms. The van der Waals surface area contributed by atoms with Gasteiger partial charge < -0.3 is 0 Å². The first-order chi connectivity index (χ1) is 8.74. The minimum Gasteiger partial charge on any atom is -0.287 e. The number of benzene rings is 1. The molecule has 2 nitrogen and oxygen atoms in total. The molecule has 18 heavy (non-hydrogen) atoms. The van der Waals surface area contributed by atoms with E-state index in [0.717, 1.165) is 21.3 Å². The van der Waals surface area contributed by atoms with Crippen molar-refractivity contribution >= 4 is 28.0 Å². The molecule has 3 rings (SSSR count). The predicted octanol–water partition coefficient (Wildman–Crippen LogP) is 3.84. The summed E-state index contributed by atoms with van der Waals surface area (Å²) in [6.45, 7) is 2.00. The molecule has 2 aromatic heterocycles. The molecule has 0 amide bonds. The Morgan fingerprint density at radius 1 is 1.17 bits per heavy atom. The molecule has 1 aromatic carbocycles. The second-order valence-corrected chi connectivity index (χ2v) is 5.28.